The van der Waals surface area contributed by atoms with Crippen molar-refractivity contribution in [2.45, 2.75) is 0 Å². The third kappa shape index (κ3) is 3.20. The van der Waals surface area contributed by atoms with Gasteiger partial charge in [0, 0.05) is 11.9 Å². The van der Waals surface area contributed by atoms with E-state index in [1.807, 2.05) is 6.07 Å². The molecule has 0 unspecified atom stereocenters. The van der Waals surface area contributed by atoms with Crippen molar-refractivity contribution in [3.63, 3.8) is 0 Å². The second kappa shape index (κ2) is 7.22. The van der Waals surface area contributed by atoms with Gasteiger partial charge in [0.25, 0.3) is 0 Å². The van der Waals surface area contributed by atoms with E-state index in [1.165, 1.54) is 31.0 Å². The number of rotatable bonds is 4. The van der Waals surface area contributed by atoms with Gasteiger partial charge in [0.2, 0.25) is 0 Å². The van der Waals surface area contributed by atoms with Crippen molar-refractivity contribution >= 4 is 11.7 Å². The van der Waals surface area contributed by atoms with E-state index in [2.05, 4.69) is 0 Å². The quantitative estimate of drug-likeness (QED) is 0.714. The Balaban J connectivity index is 2.13. The van der Waals surface area contributed by atoms with Crippen LogP contribution in [0, 0.1) is 17.1 Å². The van der Waals surface area contributed by atoms with E-state index in [0.717, 1.165) is 5.56 Å². The Kier molecular flexibility index (Phi) is 4.81. The minimum absolute atomic E-state index is 0.0465. The molecule has 3 rings (SSSR count). The topological polar surface area (TPSA) is 90.3 Å². The van der Waals surface area contributed by atoms with Crippen LogP contribution in [-0.4, -0.2) is 24.8 Å². The van der Waals surface area contributed by atoms with Crippen LogP contribution in [0.3, 0.4) is 0 Å². The Hall–Kier alpha value is -3.79. The molecular weight excluding hydrogens is 349 g/mol. The molecule has 3 aromatic rings. The zero-order valence-corrected chi connectivity index (χ0v) is 14.7. The maximum absolute atomic E-state index is 14.0. The van der Waals surface area contributed by atoms with E-state index in [-0.39, 0.29) is 22.7 Å². The molecule has 0 amide bonds. The summed E-state index contributed by atoms with van der Waals surface area (Å²) in [6.45, 7) is 0. The van der Waals surface area contributed by atoms with Crippen molar-refractivity contribution in [2.75, 3.05) is 20.0 Å². The number of benzene rings is 2. The Morgan fingerprint density at radius 3 is 2.56 bits per heavy atom. The number of hydrogen-bond acceptors (Lipinski definition) is 5. The van der Waals surface area contributed by atoms with Gasteiger partial charge in [0.15, 0.2) is 17.3 Å². The maximum atomic E-state index is 14.0. The van der Waals surface area contributed by atoms with Crippen molar-refractivity contribution in [1.29, 1.82) is 5.26 Å². The standard InChI is InChI=1S/C20H16FN3O3/c1-26-17-7-6-13(9-16(17)21)12-4-3-5-15(8-12)24-11-14(10-22)18(23)19(24)20(25)27-2/h3-9,11H,23H2,1-2H3. The molecule has 0 aliphatic carbocycles. The van der Waals surface area contributed by atoms with Crippen molar-refractivity contribution in [2.24, 2.45) is 0 Å². The molecular formula is C20H16FN3O3. The van der Waals surface area contributed by atoms with Crippen LogP contribution >= 0.6 is 0 Å². The summed E-state index contributed by atoms with van der Waals surface area (Å²) in [5.41, 5.74) is 8.13. The average molecular weight is 365 g/mol. The zero-order valence-electron chi connectivity index (χ0n) is 14.7. The fourth-order valence-corrected chi connectivity index (χ4v) is 2.80. The lowest BCUT2D eigenvalue weighted by Gasteiger charge is -2.11. The van der Waals surface area contributed by atoms with Crippen LogP contribution in [0.2, 0.25) is 0 Å². The Morgan fingerprint density at radius 2 is 1.93 bits per heavy atom. The lowest BCUT2D eigenvalue weighted by atomic mass is 10.0. The van der Waals surface area contributed by atoms with Crippen LogP contribution in [-0.2, 0) is 4.74 Å². The number of nitrogen functional groups attached to an aromatic ring is 1. The molecule has 0 saturated carbocycles. The molecule has 0 radical (unpaired) electrons. The molecule has 1 aromatic heterocycles. The molecule has 0 bridgehead atoms. The minimum atomic E-state index is -0.658. The summed E-state index contributed by atoms with van der Waals surface area (Å²) in [5, 5.41) is 9.22. The molecule has 0 aliphatic rings. The van der Waals surface area contributed by atoms with Crippen molar-refractivity contribution < 1.29 is 18.7 Å². The highest BCUT2D eigenvalue weighted by molar-refractivity contribution is 5.96. The third-order valence-electron chi connectivity index (χ3n) is 4.15. The van der Waals surface area contributed by atoms with Crippen LogP contribution in [0.5, 0.6) is 5.75 Å². The molecule has 0 saturated heterocycles. The number of methoxy groups -OCH3 is 2. The highest BCUT2D eigenvalue weighted by atomic mass is 19.1. The monoisotopic (exact) mass is 365 g/mol. The first-order valence-electron chi connectivity index (χ1n) is 7.93. The summed E-state index contributed by atoms with van der Waals surface area (Å²) in [5.74, 6) is -0.984. The van der Waals surface area contributed by atoms with Gasteiger partial charge in [-0.25, -0.2) is 9.18 Å². The molecule has 0 atom stereocenters. The number of carbonyl (C=O) groups excluding carboxylic acids is 1. The third-order valence-corrected chi connectivity index (χ3v) is 4.15. The smallest absolute Gasteiger partial charge is 0.357 e. The minimum Gasteiger partial charge on any atom is -0.494 e. The molecule has 7 heteroatoms. The van der Waals surface area contributed by atoms with Gasteiger partial charge in [-0.15, -0.1) is 0 Å². The van der Waals surface area contributed by atoms with Crippen molar-refractivity contribution in [3.05, 3.63) is 65.7 Å². The van der Waals surface area contributed by atoms with Gasteiger partial charge in [0.05, 0.1) is 25.5 Å². The van der Waals surface area contributed by atoms with Gasteiger partial charge in [-0.3, -0.25) is 0 Å². The zero-order chi connectivity index (χ0) is 19.6. The lowest BCUT2D eigenvalue weighted by Crippen LogP contribution is -2.11. The van der Waals surface area contributed by atoms with Gasteiger partial charge >= 0.3 is 5.97 Å². The number of nitriles is 1. The van der Waals surface area contributed by atoms with Gasteiger partial charge in [0.1, 0.15) is 6.07 Å². The number of anilines is 1. The largest absolute Gasteiger partial charge is 0.494 e. The van der Waals surface area contributed by atoms with Gasteiger partial charge in [-0.05, 0) is 35.4 Å². The average Bonchev–Trinajstić information content (AvgIpc) is 3.03. The molecule has 27 heavy (non-hydrogen) atoms. The SMILES string of the molecule is COC(=O)c1c(N)c(C#N)cn1-c1cccc(-c2ccc(OC)c(F)c2)c1. The highest BCUT2D eigenvalue weighted by Crippen LogP contribution is 2.29. The van der Waals surface area contributed by atoms with E-state index in [0.29, 0.717) is 11.3 Å². The first kappa shape index (κ1) is 18.0. The van der Waals surface area contributed by atoms with Crippen LogP contribution in [0.4, 0.5) is 10.1 Å². The Labute approximate surface area is 155 Å². The summed E-state index contributed by atoms with van der Waals surface area (Å²) in [6, 6.07) is 13.7. The molecule has 0 spiro atoms. The number of nitrogens with zero attached hydrogens (tertiary/aromatic N) is 2. The molecule has 0 fully saturated rings. The van der Waals surface area contributed by atoms with Gasteiger partial charge < -0.3 is 19.8 Å². The van der Waals surface area contributed by atoms with Crippen LogP contribution in [0.15, 0.2) is 48.7 Å². The normalized spacial score (nSPS) is 10.3. The molecule has 2 aromatic carbocycles. The maximum Gasteiger partial charge on any atom is 0.357 e. The van der Waals surface area contributed by atoms with Crippen molar-refractivity contribution in [1.82, 2.24) is 4.57 Å². The number of hydrogen-bond donors (Lipinski definition) is 1. The Bertz CT molecular complexity index is 1070. The number of carbonyl (C=O) groups is 1. The lowest BCUT2D eigenvalue weighted by molar-refractivity contribution is 0.0593. The predicted octanol–water partition coefficient (Wildman–Crippen LogP) is 3.53. The number of esters is 1. The number of aromatic nitrogens is 1. The number of halogens is 1. The summed E-state index contributed by atoms with van der Waals surface area (Å²) < 4.78 is 25.2. The van der Waals surface area contributed by atoms with Crippen LogP contribution in [0.1, 0.15) is 16.1 Å². The first-order chi connectivity index (χ1) is 13.0. The van der Waals surface area contributed by atoms with Crippen molar-refractivity contribution in [3.8, 4) is 28.6 Å². The fraction of sp³-hybridized carbons (Fsp3) is 0.100. The summed E-state index contributed by atoms with van der Waals surface area (Å²) in [4.78, 5) is 12.1. The molecule has 1 heterocycles. The highest BCUT2D eigenvalue weighted by Gasteiger charge is 2.21. The fourth-order valence-electron chi connectivity index (χ4n) is 2.80. The van der Waals surface area contributed by atoms with E-state index < -0.39 is 11.8 Å². The summed E-state index contributed by atoms with van der Waals surface area (Å²) in [7, 11) is 2.64. The van der Waals surface area contributed by atoms with Gasteiger partial charge in [-0.1, -0.05) is 18.2 Å². The van der Waals surface area contributed by atoms with E-state index in [4.69, 9.17) is 15.2 Å². The van der Waals surface area contributed by atoms with Crippen LogP contribution in [0.25, 0.3) is 16.8 Å². The second-order valence-corrected chi connectivity index (χ2v) is 5.68. The number of nitrogens with two attached hydrogens (primary N) is 1. The summed E-state index contributed by atoms with van der Waals surface area (Å²) in [6.07, 6.45) is 1.47. The Morgan fingerprint density at radius 1 is 1.19 bits per heavy atom. The first-order valence-corrected chi connectivity index (χ1v) is 7.93. The summed E-state index contributed by atoms with van der Waals surface area (Å²) >= 11 is 0. The van der Waals surface area contributed by atoms with Gasteiger partial charge in [-0.2, -0.15) is 5.26 Å². The molecule has 6 nitrogen and oxygen atoms in total. The van der Waals surface area contributed by atoms with E-state index in [9.17, 15) is 14.4 Å². The number of ether oxygens (including phenoxy) is 2. The second-order valence-electron chi connectivity index (χ2n) is 5.68. The molecule has 2 N–H and O–H groups in total. The van der Waals surface area contributed by atoms with E-state index in [1.54, 1.807) is 36.4 Å². The predicted molar refractivity (Wildman–Crippen MR) is 98.2 cm³/mol. The molecule has 0 aliphatic heterocycles. The van der Waals surface area contributed by atoms with Crippen LogP contribution < -0.4 is 10.5 Å². The van der Waals surface area contributed by atoms with E-state index >= 15 is 0 Å². The molecule has 136 valence electrons.